The zero-order chi connectivity index (χ0) is 35.1. The SMILES string of the molecule is COc1cc(=O)c2c(=O)c3c(c(=O)c=2c1=O)=C(O)[C@]1(CCc2c1c(O)c1c(=O)[nH]c(/C=N/NC(=O)CN4CCN(C)CC4)cc1c2Br)C=3O. The van der Waals surface area contributed by atoms with Gasteiger partial charge < -0.3 is 29.9 Å². The van der Waals surface area contributed by atoms with E-state index in [9.17, 15) is 44.1 Å². The highest BCUT2D eigenvalue weighted by Gasteiger charge is 2.53. The van der Waals surface area contributed by atoms with Crippen molar-refractivity contribution in [3.8, 4) is 11.5 Å². The molecular weight excluding hydrogens is 706 g/mol. The van der Waals surface area contributed by atoms with Crippen molar-refractivity contribution in [2.24, 2.45) is 5.10 Å². The van der Waals surface area contributed by atoms with Gasteiger partial charge in [-0.25, -0.2) is 5.43 Å². The molecule has 2 heterocycles. The smallest absolute Gasteiger partial charge is 0.260 e. The Hall–Kier alpha value is -5.19. The summed E-state index contributed by atoms with van der Waals surface area (Å²) in [5.41, 5.74) is -4.23. The molecule has 1 aliphatic heterocycles. The predicted molar refractivity (Wildman–Crippen MR) is 181 cm³/mol. The molecule has 4 aliphatic carbocycles. The fraction of sp³-hybridized carbons (Fsp3) is 0.303. The lowest BCUT2D eigenvalue weighted by Gasteiger charge is -2.31. The van der Waals surface area contributed by atoms with Gasteiger partial charge in [0.2, 0.25) is 16.3 Å². The third-order valence-electron chi connectivity index (χ3n) is 9.73. The van der Waals surface area contributed by atoms with Crippen LogP contribution in [0.5, 0.6) is 11.5 Å². The van der Waals surface area contributed by atoms with Gasteiger partial charge in [-0.05, 0) is 47.4 Å². The molecule has 49 heavy (non-hydrogen) atoms. The van der Waals surface area contributed by atoms with Gasteiger partial charge in [0.1, 0.15) is 22.7 Å². The second-order valence-electron chi connectivity index (χ2n) is 12.4. The molecule has 5 N–H and O–H groups in total. The zero-order valence-corrected chi connectivity index (χ0v) is 27.7. The average molecular weight is 735 g/mol. The summed E-state index contributed by atoms with van der Waals surface area (Å²) in [4.78, 5) is 85.8. The van der Waals surface area contributed by atoms with Gasteiger partial charge in [0.05, 0.1) is 51.8 Å². The van der Waals surface area contributed by atoms with Crippen LogP contribution in [0.1, 0.15) is 23.2 Å². The highest BCUT2D eigenvalue weighted by molar-refractivity contribution is 9.10. The molecule has 1 aromatic carbocycles. The van der Waals surface area contributed by atoms with Gasteiger partial charge in [0.25, 0.3) is 11.5 Å². The van der Waals surface area contributed by atoms with E-state index < -0.39 is 76.6 Å². The number of likely N-dealkylation sites (N-methyl/N-ethyl adjacent to an activating group) is 1. The van der Waals surface area contributed by atoms with Crippen molar-refractivity contribution in [2.45, 2.75) is 18.3 Å². The van der Waals surface area contributed by atoms with Crippen LogP contribution in [0.2, 0.25) is 0 Å². The predicted octanol–water partition coefficient (Wildman–Crippen LogP) is -2.03. The first-order chi connectivity index (χ1) is 23.3. The molecule has 0 unspecified atom stereocenters. The number of methoxy groups -OCH3 is 1. The van der Waals surface area contributed by atoms with Crippen molar-refractivity contribution in [3.05, 3.63) is 106 Å². The Morgan fingerprint density at radius 3 is 2.31 bits per heavy atom. The number of carbonyl (C=O) groups excluding carboxylic acids is 1. The maximum Gasteiger partial charge on any atom is 0.260 e. The van der Waals surface area contributed by atoms with E-state index in [1.807, 2.05) is 11.9 Å². The van der Waals surface area contributed by atoms with Gasteiger partial charge in [-0.1, -0.05) is 0 Å². The van der Waals surface area contributed by atoms with E-state index in [4.69, 9.17) is 4.74 Å². The number of phenols is 1. The number of phenolic OH excluding ortho intramolecular Hbond substituents is 1. The number of aromatic nitrogens is 1. The van der Waals surface area contributed by atoms with E-state index >= 15 is 0 Å². The van der Waals surface area contributed by atoms with Crippen LogP contribution in [0.25, 0.3) is 22.3 Å². The number of aromatic amines is 1. The number of halogens is 1. The summed E-state index contributed by atoms with van der Waals surface area (Å²) in [7, 11) is 3.12. The van der Waals surface area contributed by atoms with E-state index in [2.05, 4.69) is 36.3 Å². The molecule has 0 bridgehead atoms. The van der Waals surface area contributed by atoms with Crippen LogP contribution in [0, 0.1) is 10.4 Å². The zero-order valence-electron chi connectivity index (χ0n) is 26.1. The van der Waals surface area contributed by atoms with Crippen molar-refractivity contribution in [1.82, 2.24) is 20.2 Å². The maximum absolute atomic E-state index is 13.7. The lowest BCUT2D eigenvalue weighted by atomic mass is 9.78. The number of aliphatic hydroxyl groups excluding tert-OH is 2. The number of rotatable bonds is 5. The third-order valence-corrected chi connectivity index (χ3v) is 10.6. The van der Waals surface area contributed by atoms with Gasteiger partial charge in [-0.3, -0.25) is 33.7 Å². The molecule has 7 rings (SSSR count). The summed E-state index contributed by atoms with van der Waals surface area (Å²) < 4.78 is 5.24. The molecule has 252 valence electrons. The number of aliphatic hydroxyl groups is 2. The first-order valence-electron chi connectivity index (χ1n) is 15.2. The monoisotopic (exact) mass is 733 g/mol. The van der Waals surface area contributed by atoms with Crippen LogP contribution in [0.15, 0.2) is 45.7 Å². The Kier molecular flexibility index (Phi) is 7.57. The standard InChI is InChI=1S/C33H28BrN5O10/c1-38-5-7-39(8-6-38)12-18(41)37-35-11-13-9-15-19(32(48)36-13)29(45)24-14(25(15)34)3-4-33(24)30(46)22-23(31(33)47)28(44)21-20(27(22)43)16(40)10-17(49-2)26(21)42/h9-11,45-47H,3-8,12H2,1-2H3,(H,36,48)(H,37,41)/b35-11+/t33-/m0/s1. The second-order valence-corrected chi connectivity index (χ2v) is 13.2. The Balaban J connectivity index is 1.34. The van der Waals surface area contributed by atoms with Crippen LogP contribution in [0.4, 0.5) is 0 Å². The number of nitrogens with one attached hydrogen (secondary N) is 2. The minimum absolute atomic E-state index is 0.0927. The Morgan fingerprint density at radius 2 is 1.65 bits per heavy atom. The number of ether oxygens (including phenoxy) is 1. The number of hydrogen-bond donors (Lipinski definition) is 5. The van der Waals surface area contributed by atoms with Crippen molar-refractivity contribution in [3.63, 3.8) is 0 Å². The van der Waals surface area contributed by atoms with Gasteiger partial charge >= 0.3 is 0 Å². The van der Waals surface area contributed by atoms with E-state index in [-0.39, 0.29) is 47.3 Å². The van der Waals surface area contributed by atoms with E-state index in [1.165, 1.54) is 12.3 Å². The molecule has 1 fully saturated rings. The van der Waals surface area contributed by atoms with Crippen LogP contribution in [0.3, 0.4) is 0 Å². The highest BCUT2D eigenvalue weighted by atomic mass is 79.9. The Labute approximate surface area is 282 Å². The van der Waals surface area contributed by atoms with Crippen molar-refractivity contribution in [2.75, 3.05) is 46.9 Å². The molecular formula is C33H28BrN5O10. The number of pyridine rings is 1. The summed E-state index contributed by atoms with van der Waals surface area (Å²) in [6.07, 6.45) is 1.19. The minimum atomic E-state index is -2.04. The maximum atomic E-state index is 13.7. The number of amides is 1. The number of benzene rings is 1. The fourth-order valence-electron chi connectivity index (χ4n) is 7.30. The number of aromatic hydroxyl groups is 1. The first kappa shape index (κ1) is 32.4. The Morgan fingerprint density at radius 1 is 1.00 bits per heavy atom. The molecule has 1 spiro atoms. The van der Waals surface area contributed by atoms with Crippen molar-refractivity contribution < 1.29 is 24.9 Å². The summed E-state index contributed by atoms with van der Waals surface area (Å²) in [5.74, 6) is -3.01. The lowest BCUT2D eigenvalue weighted by Crippen LogP contribution is -2.51. The van der Waals surface area contributed by atoms with Crippen LogP contribution < -0.4 is 47.9 Å². The molecule has 1 aromatic heterocycles. The molecule has 1 amide bonds. The molecule has 1 saturated heterocycles. The minimum Gasteiger partial charge on any atom is -0.510 e. The lowest BCUT2D eigenvalue weighted by molar-refractivity contribution is -0.122. The topological polar surface area (TPSA) is 219 Å². The van der Waals surface area contributed by atoms with Gasteiger partial charge in [-0.2, -0.15) is 5.10 Å². The average Bonchev–Trinajstić information content (AvgIpc) is 3.57. The largest absolute Gasteiger partial charge is 0.510 e. The number of nitrogens with zero attached hydrogens (tertiary/aromatic N) is 3. The molecule has 15 nitrogen and oxygen atoms in total. The van der Waals surface area contributed by atoms with Gasteiger partial charge in [0, 0.05) is 47.7 Å². The molecule has 5 aliphatic rings. The van der Waals surface area contributed by atoms with E-state index in [0.29, 0.717) is 10.0 Å². The number of hydrazone groups is 1. The summed E-state index contributed by atoms with van der Waals surface area (Å²) in [5, 5.41) is 36.1. The van der Waals surface area contributed by atoms with Crippen LogP contribution in [-0.2, 0) is 16.6 Å². The fourth-order valence-corrected chi connectivity index (χ4v) is 8.01. The number of carbonyl (C=O) groups is 1. The summed E-state index contributed by atoms with van der Waals surface area (Å²) in [6.45, 7) is 3.35. The van der Waals surface area contributed by atoms with Crippen LogP contribution >= 0.6 is 15.9 Å². The molecule has 0 saturated carbocycles. The highest BCUT2D eigenvalue weighted by Crippen LogP contribution is 2.56. The third kappa shape index (κ3) is 4.58. The molecule has 1 atom stereocenters. The van der Waals surface area contributed by atoms with E-state index in [1.54, 1.807) is 0 Å². The van der Waals surface area contributed by atoms with E-state index in [0.717, 1.165) is 39.4 Å². The first-order valence-corrected chi connectivity index (χ1v) is 16.0. The molecule has 0 radical (unpaired) electrons. The number of piperazine rings is 1. The Bertz CT molecular complexity index is 2660. The number of fused-ring (bicyclic) bond motifs is 4. The summed E-state index contributed by atoms with van der Waals surface area (Å²) in [6, 6.07) is 2.28. The molecule has 2 aromatic rings. The molecule has 16 heteroatoms. The second kappa shape index (κ2) is 11.5. The number of hydrogen-bond acceptors (Lipinski definition) is 13. The normalized spacial score (nSPS) is 19.4. The quantitative estimate of drug-likeness (QED) is 0.111. The van der Waals surface area contributed by atoms with Crippen molar-refractivity contribution >= 4 is 50.3 Å². The summed E-state index contributed by atoms with van der Waals surface area (Å²) >= 11 is 3.50. The number of H-pyrrole nitrogens is 1. The van der Waals surface area contributed by atoms with Gasteiger partial charge in [0.15, 0.2) is 11.2 Å². The van der Waals surface area contributed by atoms with Crippen LogP contribution in [-0.4, -0.2) is 89.1 Å². The van der Waals surface area contributed by atoms with Crippen molar-refractivity contribution in [1.29, 1.82) is 0 Å². The van der Waals surface area contributed by atoms with Gasteiger partial charge in [-0.15, -0.1) is 0 Å².